The van der Waals surface area contributed by atoms with E-state index in [1.165, 1.54) is 6.33 Å². The van der Waals surface area contributed by atoms with Gasteiger partial charge in [-0.2, -0.15) is 5.10 Å². The minimum absolute atomic E-state index is 0.0968. The molecule has 0 atom stereocenters. The van der Waals surface area contributed by atoms with E-state index < -0.39 is 0 Å². The number of carbonyl (C=O) groups is 1. The average molecular weight is 477 g/mol. The van der Waals surface area contributed by atoms with E-state index in [1.807, 2.05) is 49.3 Å². The number of aromatic nitrogens is 4. The summed E-state index contributed by atoms with van der Waals surface area (Å²) in [6.45, 7) is 0.707. The highest BCUT2D eigenvalue weighted by atomic mass is 127. The van der Waals surface area contributed by atoms with Crippen LogP contribution in [0.25, 0.3) is 16.7 Å². The van der Waals surface area contributed by atoms with Gasteiger partial charge in [-0.15, -0.1) is 0 Å². The van der Waals surface area contributed by atoms with Crippen molar-refractivity contribution in [2.45, 2.75) is 0 Å². The lowest BCUT2D eigenvalue weighted by Crippen LogP contribution is -2.24. The Kier molecular flexibility index (Phi) is 5.71. The molecule has 0 unspecified atom stereocenters. The molecule has 0 aliphatic carbocycles. The summed E-state index contributed by atoms with van der Waals surface area (Å²) in [7, 11) is 5.65. The molecule has 27 heavy (non-hydrogen) atoms. The smallest absolute Gasteiger partial charge is 0.250 e. The van der Waals surface area contributed by atoms with Gasteiger partial charge in [0, 0.05) is 25.4 Å². The molecule has 0 bridgehead atoms. The van der Waals surface area contributed by atoms with E-state index in [0.29, 0.717) is 18.0 Å². The van der Waals surface area contributed by atoms with Crippen molar-refractivity contribution in [2.24, 2.45) is 0 Å². The van der Waals surface area contributed by atoms with Crippen molar-refractivity contribution in [1.82, 2.24) is 24.6 Å². The van der Waals surface area contributed by atoms with Crippen molar-refractivity contribution in [3.8, 4) is 5.69 Å². The fourth-order valence-corrected chi connectivity index (χ4v) is 3.28. The molecule has 9 heteroatoms. The summed E-state index contributed by atoms with van der Waals surface area (Å²) in [6.07, 6.45) is 4.83. The maximum atomic E-state index is 12.4. The van der Waals surface area contributed by atoms with Crippen molar-refractivity contribution in [1.29, 1.82) is 0 Å². The van der Waals surface area contributed by atoms with E-state index in [2.05, 4.69) is 37.7 Å². The molecule has 0 aliphatic rings. The Labute approximate surface area is 170 Å². The Bertz CT molecular complexity index is 1010. The van der Waals surface area contributed by atoms with Crippen LogP contribution in [-0.2, 0) is 4.79 Å². The van der Waals surface area contributed by atoms with E-state index in [9.17, 15) is 4.79 Å². The Hall–Kier alpha value is -2.53. The molecule has 140 valence electrons. The highest BCUT2D eigenvalue weighted by Gasteiger charge is 2.16. The van der Waals surface area contributed by atoms with Crippen LogP contribution < -0.4 is 10.6 Å². The summed E-state index contributed by atoms with van der Waals surface area (Å²) in [5.74, 6) is 0.297. The van der Waals surface area contributed by atoms with Gasteiger partial charge in [-0.25, -0.2) is 14.6 Å². The molecule has 2 heterocycles. The number of halogens is 1. The van der Waals surface area contributed by atoms with Crippen LogP contribution in [0.15, 0.2) is 42.7 Å². The van der Waals surface area contributed by atoms with E-state index in [0.717, 1.165) is 20.5 Å². The highest BCUT2D eigenvalue weighted by molar-refractivity contribution is 14.1. The fourth-order valence-electron chi connectivity index (χ4n) is 2.55. The third-order valence-corrected chi connectivity index (χ3v) is 4.73. The maximum Gasteiger partial charge on any atom is 0.250 e. The summed E-state index contributed by atoms with van der Waals surface area (Å²) in [5.41, 5.74) is 8.13. The summed E-state index contributed by atoms with van der Waals surface area (Å²) in [4.78, 5) is 24.3. The molecule has 2 aromatic heterocycles. The van der Waals surface area contributed by atoms with Crippen molar-refractivity contribution in [3.63, 3.8) is 0 Å². The molecular weight excluding hydrogens is 457 g/mol. The van der Waals surface area contributed by atoms with Gasteiger partial charge in [0.1, 0.15) is 15.8 Å². The number of likely N-dealkylation sites (N-methyl/N-ethyl adjacent to an activating group) is 2. The lowest BCUT2D eigenvalue weighted by molar-refractivity contribution is -0.113. The van der Waals surface area contributed by atoms with Gasteiger partial charge in [-0.3, -0.25) is 4.79 Å². The van der Waals surface area contributed by atoms with Crippen LogP contribution in [0, 0.1) is 3.70 Å². The summed E-state index contributed by atoms with van der Waals surface area (Å²) < 4.78 is 2.43. The van der Waals surface area contributed by atoms with Gasteiger partial charge >= 0.3 is 0 Å². The summed E-state index contributed by atoms with van der Waals surface area (Å²) >= 11 is 2.11. The Morgan fingerprint density at radius 1 is 1.30 bits per heavy atom. The molecule has 3 aromatic rings. The number of benzene rings is 1. The summed E-state index contributed by atoms with van der Waals surface area (Å²) in [5, 5.41) is 5.25. The van der Waals surface area contributed by atoms with Crippen molar-refractivity contribution in [3.05, 3.63) is 46.4 Å². The molecule has 2 N–H and O–H groups in total. The van der Waals surface area contributed by atoms with Crippen molar-refractivity contribution < 1.29 is 4.79 Å². The quantitative estimate of drug-likeness (QED) is 0.447. The average Bonchev–Trinajstić information content (AvgIpc) is 2.99. The van der Waals surface area contributed by atoms with E-state index >= 15 is 0 Å². The lowest BCUT2D eigenvalue weighted by Gasteiger charge is -2.16. The third kappa shape index (κ3) is 4.08. The van der Waals surface area contributed by atoms with Crippen molar-refractivity contribution in [2.75, 3.05) is 38.3 Å². The van der Waals surface area contributed by atoms with Crippen LogP contribution in [0.3, 0.4) is 0 Å². The predicted molar refractivity (Wildman–Crippen MR) is 115 cm³/mol. The van der Waals surface area contributed by atoms with E-state index in [1.54, 1.807) is 22.7 Å². The third-order valence-electron chi connectivity index (χ3n) is 3.97. The van der Waals surface area contributed by atoms with Gasteiger partial charge in [0.15, 0.2) is 5.65 Å². The zero-order valence-corrected chi connectivity index (χ0v) is 17.5. The number of carbonyl (C=O) groups excluding carboxylic acids is 1. The first kappa shape index (κ1) is 19.2. The monoisotopic (exact) mass is 477 g/mol. The zero-order chi connectivity index (χ0) is 19.6. The van der Waals surface area contributed by atoms with Gasteiger partial charge in [-0.1, -0.05) is 12.1 Å². The number of hydrogen-bond donors (Lipinski definition) is 1. The Morgan fingerprint density at radius 2 is 2.07 bits per heavy atom. The highest BCUT2D eigenvalue weighted by Crippen LogP contribution is 2.26. The van der Waals surface area contributed by atoms with Gasteiger partial charge < -0.3 is 15.5 Å². The first-order valence-corrected chi connectivity index (χ1v) is 9.30. The van der Waals surface area contributed by atoms with E-state index in [-0.39, 0.29) is 5.91 Å². The molecule has 0 saturated heterocycles. The number of nitrogen functional groups attached to an aromatic ring is 1. The number of fused-ring (bicyclic) bond motifs is 1. The SMILES string of the molecule is CN(C)C/C=C/C(=O)N(C)c1cccc(-n2nc(I)c3c(N)ncnc32)c1. The maximum absolute atomic E-state index is 12.4. The van der Waals surface area contributed by atoms with Crippen LogP contribution in [0.1, 0.15) is 0 Å². The largest absolute Gasteiger partial charge is 0.383 e. The van der Waals surface area contributed by atoms with Crippen LogP contribution in [0.2, 0.25) is 0 Å². The van der Waals surface area contributed by atoms with Gasteiger partial charge in [0.05, 0.1) is 11.1 Å². The first-order valence-electron chi connectivity index (χ1n) is 8.22. The second kappa shape index (κ2) is 8.01. The normalized spacial score (nSPS) is 11.6. The van der Waals surface area contributed by atoms with Gasteiger partial charge in [0.2, 0.25) is 5.91 Å². The summed E-state index contributed by atoms with van der Waals surface area (Å²) in [6, 6.07) is 7.55. The van der Waals surface area contributed by atoms with Crippen LogP contribution in [0.4, 0.5) is 11.5 Å². The Balaban J connectivity index is 1.94. The molecule has 0 radical (unpaired) electrons. The number of nitrogens with two attached hydrogens (primary N) is 1. The number of anilines is 2. The van der Waals surface area contributed by atoms with Crippen LogP contribution in [-0.4, -0.2) is 58.2 Å². The van der Waals surface area contributed by atoms with E-state index in [4.69, 9.17) is 5.73 Å². The second-order valence-corrected chi connectivity index (χ2v) is 7.26. The van der Waals surface area contributed by atoms with Crippen LogP contribution >= 0.6 is 22.6 Å². The van der Waals surface area contributed by atoms with Crippen LogP contribution in [0.5, 0.6) is 0 Å². The fraction of sp³-hybridized carbons (Fsp3) is 0.222. The molecule has 0 spiro atoms. The molecule has 1 amide bonds. The topological polar surface area (TPSA) is 93.2 Å². The number of hydrogen-bond acceptors (Lipinski definition) is 6. The van der Waals surface area contributed by atoms with Gasteiger partial charge in [0.25, 0.3) is 0 Å². The molecule has 0 fully saturated rings. The lowest BCUT2D eigenvalue weighted by atomic mass is 10.2. The molecule has 3 rings (SSSR count). The predicted octanol–water partition coefficient (Wildman–Crippen LogP) is 2.08. The second-order valence-electron chi connectivity index (χ2n) is 6.24. The number of amides is 1. The number of rotatable bonds is 5. The first-order chi connectivity index (χ1) is 12.9. The minimum atomic E-state index is -0.0968. The van der Waals surface area contributed by atoms with Crippen molar-refractivity contribution >= 4 is 51.0 Å². The molecular formula is C18H20IN7O. The number of nitrogens with zero attached hydrogens (tertiary/aromatic N) is 6. The zero-order valence-electron chi connectivity index (χ0n) is 15.3. The standard InChI is InChI=1S/C18H20IN7O/c1-24(2)9-5-8-14(27)25(3)12-6-4-7-13(10-12)26-18-15(16(19)23-26)17(20)21-11-22-18/h4-8,10-11H,9H2,1-3H3,(H2,20,21,22)/b8-5+. The van der Waals surface area contributed by atoms with Gasteiger partial charge in [-0.05, 0) is 54.9 Å². The minimum Gasteiger partial charge on any atom is -0.383 e. The molecule has 1 aromatic carbocycles. The molecule has 0 saturated carbocycles. The molecule has 0 aliphatic heterocycles. The Morgan fingerprint density at radius 3 is 2.81 bits per heavy atom. The molecule has 8 nitrogen and oxygen atoms in total.